The van der Waals surface area contributed by atoms with Crippen LogP contribution in [0.1, 0.15) is 97.8 Å². The quantitative estimate of drug-likeness (QED) is 0.436. The molecule has 6 bridgehead atoms. The number of hydrogen-bond donors (Lipinski definition) is 0. The molecule has 0 heteroatoms. The highest BCUT2D eigenvalue weighted by Crippen LogP contribution is 2.49. The third kappa shape index (κ3) is 3.59. The Kier molecular flexibility index (Phi) is 5.31. The van der Waals surface area contributed by atoms with Crippen LogP contribution in [0.4, 0.5) is 0 Å². The summed E-state index contributed by atoms with van der Waals surface area (Å²) in [6.45, 7) is 7.28. The zero-order valence-corrected chi connectivity index (χ0v) is 16.7. The molecule has 0 aromatic heterocycles. The molecule has 0 radical (unpaired) electrons. The summed E-state index contributed by atoms with van der Waals surface area (Å²) in [5.74, 6) is 10.1. The van der Waals surface area contributed by atoms with E-state index in [1.54, 1.807) is 77.0 Å². The van der Waals surface area contributed by atoms with Crippen molar-refractivity contribution in [2.45, 2.75) is 97.8 Å². The molecule has 6 rings (SSSR count). The van der Waals surface area contributed by atoms with Crippen molar-refractivity contribution >= 4 is 0 Å². The lowest BCUT2D eigenvalue weighted by atomic mass is 9.91. The summed E-state index contributed by atoms with van der Waals surface area (Å²) < 4.78 is 0. The van der Waals surface area contributed by atoms with Crippen molar-refractivity contribution in [1.29, 1.82) is 0 Å². The van der Waals surface area contributed by atoms with E-state index >= 15 is 0 Å². The fourth-order valence-electron chi connectivity index (χ4n) is 7.71. The van der Waals surface area contributed by atoms with Gasteiger partial charge in [-0.25, -0.2) is 0 Å². The average molecular weight is 331 g/mol. The molecule has 0 nitrogen and oxygen atoms in total. The van der Waals surface area contributed by atoms with Crippen LogP contribution in [0.2, 0.25) is 0 Å². The highest BCUT2D eigenvalue weighted by Gasteiger charge is 2.38. The van der Waals surface area contributed by atoms with Crippen LogP contribution in [-0.2, 0) is 0 Å². The molecule has 138 valence electrons. The third-order valence-corrected chi connectivity index (χ3v) is 9.49. The third-order valence-electron chi connectivity index (χ3n) is 9.49. The molecule has 0 spiro atoms. The highest BCUT2D eigenvalue weighted by atomic mass is 14.4. The lowest BCUT2D eigenvalue weighted by molar-refractivity contribution is 0.360. The molecule has 6 saturated carbocycles. The van der Waals surface area contributed by atoms with Gasteiger partial charge in [-0.05, 0) is 117 Å². The topological polar surface area (TPSA) is 0 Å². The zero-order valence-electron chi connectivity index (χ0n) is 16.7. The van der Waals surface area contributed by atoms with Gasteiger partial charge in [-0.15, -0.1) is 0 Å². The van der Waals surface area contributed by atoms with E-state index in [1.165, 1.54) is 0 Å². The normalized spacial score (nSPS) is 52.9. The highest BCUT2D eigenvalue weighted by molar-refractivity contribution is 4.89. The first-order valence-electron chi connectivity index (χ1n) is 11.6. The summed E-state index contributed by atoms with van der Waals surface area (Å²) in [5.41, 5.74) is 0. The van der Waals surface area contributed by atoms with E-state index in [-0.39, 0.29) is 0 Å². The summed E-state index contributed by atoms with van der Waals surface area (Å²) in [7, 11) is 0. The van der Waals surface area contributed by atoms with Gasteiger partial charge in [-0.2, -0.15) is 0 Å². The molecule has 6 aliphatic rings. The Morgan fingerprint density at radius 1 is 0.417 bits per heavy atom. The van der Waals surface area contributed by atoms with E-state index in [2.05, 4.69) is 20.8 Å². The standard InChI is InChI=1S/3C8H14/c2*1-6-4-7-2-3-8(6)5-7;1-6-7-2-3-8(6)5-4-7/h3*6-8H,2-5H2,1H3. The SMILES string of the molecule is CC1C2CCC1CC2.CC1CC2CCC1C2.CC1CC2CCC1C2. The minimum Gasteiger partial charge on any atom is -0.0622 e. The Balaban J connectivity index is 0.0000000911. The smallest absolute Gasteiger partial charge is 0.0386 e. The van der Waals surface area contributed by atoms with E-state index in [9.17, 15) is 0 Å². The van der Waals surface area contributed by atoms with E-state index in [1.807, 2.05) is 0 Å². The van der Waals surface area contributed by atoms with E-state index < -0.39 is 0 Å². The first-order valence-corrected chi connectivity index (χ1v) is 11.6. The maximum atomic E-state index is 2.44. The van der Waals surface area contributed by atoms with Crippen LogP contribution in [0.15, 0.2) is 0 Å². The van der Waals surface area contributed by atoms with Crippen LogP contribution >= 0.6 is 0 Å². The van der Waals surface area contributed by atoms with Gasteiger partial charge in [0.15, 0.2) is 0 Å². The van der Waals surface area contributed by atoms with Crippen molar-refractivity contribution in [3.05, 3.63) is 0 Å². The Morgan fingerprint density at radius 3 is 0.917 bits per heavy atom. The summed E-state index contributed by atoms with van der Waals surface area (Å²) >= 11 is 0. The maximum Gasteiger partial charge on any atom is -0.0386 e. The minimum atomic E-state index is 1.08. The van der Waals surface area contributed by atoms with E-state index in [0.29, 0.717) is 0 Å². The van der Waals surface area contributed by atoms with Crippen molar-refractivity contribution in [3.63, 3.8) is 0 Å². The second-order valence-corrected chi connectivity index (χ2v) is 10.8. The lowest BCUT2D eigenvalue weighted by Crippen LogP contribution is -2.04. The van der Waals surface area contributed by atoms with Crippen molar-refractivity contribution in [1.82, 2.24) is 0 Å². The molecule has 24 heavy (non-hydrogen) atoms. The maximum absolute atomic E-state index is 2.44. The van der Waals surface area contributed by atoms with Crippen LogP contribution in [0.25, 0.3) is 0 Å². The molecule has 0 N–H and O–H groups in total. The molecule has 0 aliphatic heterocycles. The molecule has 0 aromatic carbocycles. The molecular formula is C24H42. The van der Waals surface area contributed by atoms with Gasteiger partial charge in [-0.3, -0.25) is 0 Å². The largest absolute Gasteiger partial charge is 0.0622 e. The van der Waals surface area contributed by atoms with E-state index in [4.69, 9.17) is 0 Å². The van der Waals surface area contributed by atoms with Gasteiger partial charge in [0.2, 0.25) is 0 Å². The number of fused-ring (bicyclic) bond motifs is 6. The van der Waals surface area contributed by atoms with Gasteiger partial charge in [-0.1, -0.05) is 33.6 Å². The van der Waals surface area contributed by atoms with Gasteiger partial charge in [0.1, 0.15) is 0 Å². The second kappa shape index (κ2) is 7.32. The first kappa shape index (κ1) is 17.4. The van der Waals surface area contributed by atoms with Crippen LogP contribution in [0.3, 0.4) is 0 Å². The Labute approximate surface area is 151 Å². The Morgan fingerprint density at radius 2 is 0.792 bits per heavy atom. The number of rotatable bonds is 0. The van der Waals surface area contributed by atoms with E-state index in [0.717, 1.165) is 53.3 Å². The average Bonchev–Trinajstić information content (AvgIpc) is 3.39. The molecule has 0 aromatic rings. The minimum absolute atomic E-state index is 1.08. The lowest BCUT2D eigenvalue weighted by Gasteiger charge is -2.15. The predicted molar refractivity (Wildman–Crippen MR) is 104 cm³/mol. The monoisotopic (exact) mass is 330 g/mol. The van der Waals surface area contributed by atoms with Crippen LogP contribution in [-0.4, -0.2) is 0 Å². The Hall–Kier alpha value is 0. The first-order chi connectivity index (χ1) is 11.6. The van der Waals surface area contributed by atoms with Crippen LogP contribution in [0, 0.1) is 53.3 Å². The Bertz CT molecular complexity index is 362. The van der Waals surface area contributed by atoms with Crippen molar-refractivity contribution in [2.24, 2.45) is 53.3 Å². The van der Waals surface area contributed by atoms with Gasteiger partial charge >= 0.3 is 0 Å². The van der Waals surface area contributed by atoms with Gasteiger partial charge in [0.05, 0.1) is 0 Å². The van der Waals surface area contributed by atoms with Gasteiger partial charge in [0.25, 0.3) is 0 Å². The van der Waals surface area contributed by atoms with Crippen LogP contribution < -0.4 is 0 Å². The summed E-state index contributed by atoms with van der Waals surface area (Å²) in [6, 6.07) is 0. The molecule has 6 aliphatic carbocycles. The fraction of sp³-hybridized carbons (Fsp3) is 1.00. The van der Waals surface area contributed by atoms with Crippen molar-refractivity contribution in [2.75, 3.05) is 0 Å². The zero-order chi connectivity index (χ0) is 16.7. The second-order valence-electron chi connectivity index (χ2n) is 10.8. The molecule has 0 amide bonds. The molecule has 6 unspecified atom stereocenters. The fourth-order valence-corrected chi connectivity index (χ4v) is 7.71. The van der Waals surface area contributed by atoms with Gasteiger partial charge < -0.3 is 0 Å². The predicted octanol–water partition coefficient (Wildman–Crippen LogP) is 7.33. The molecular weight excluding hydrogens is 288 g/mol. The van der Waals surface area contributed by atoms with Gasteiger partial charge in [0, 0.05) is 0 Å². The van der Waals surface area contributed by atoms with Crippen molar-refractivity contribution in [3.8, 4) is 0 Å². The summed E-state index contributed by atoms with van der Waals surface area (Å²) in [4.78, 5) is 0. The summed E-state index contributed by atoms with van der Waals surface area (Å²) in [5, 5.41) is 0. The number of hydrogen-bond acceptors (Lipinski definition) is 0. The molecule has 0 heterocycles. The molecule has 0 saturated heterocycles. The molecule has 6 atom stereocenters. The summed E-state index contributed by atoms with van der Waals surface area (Å²) in [6.07, 6.45) is 18.6. The van der Waals surface area contributed by atoms with Crippen molar-refractivity contribution < 1.29 is 0 Å². The van der Waals surface area contributed by atoms with Crippen LogP contribution in [0.5, 0.6) is 0 Å². The molecule has 6 fully saturated rings.